The topological polar surface area (TPSA) is 69.2 Å². The third-order valence-corrected chi connectivity index (χ3v) is 3.93. The van der Waals surface area contributed by atoms with Gasteiger partial charge < -0.3 is 15.2 Å². The number of hydrogen-bond donors (Lipinski definition) is 1. The van der Waals surface area contributed by atoms with Crippen molar-refractivity contribution in [2.75, 3.05) is 0 Å². The first-order chi connectivity index (χ1) is 12.2. The maximum atomic E-state index is 12.7. The predicted octanol–water partition coefficient (Wildman–Crippen LogP) is 2.57. The Morgan fingerprint density at radius 3 is 1.60 bits per heavy atom. The van der Waals surface area contributed by atoms with Crippen molar-refractivity contribution >= 4 is 11.9 Å². The number of rotatable bonds is 5. The molecule has 0 unspecified atom stereocenters. The Hall–Kier alpha value is -3.40. The Balaban J connectivity index is 1.97. The summed E-state index contributed by atoms with van der Waals surface area (Å²) < 4.78 is 0. The van der Waals surface area contributed by atoms with Gasteiger partial charge in [0.1, 0.15) is 0 Å². The Bertz CT molecular complexity index is 836. The minimum atomic E-state index is -1.37. The van der Waals surface area contributed by atoms with Crippen LogP contribution in [0, 0.1) is 0 Å². The summed E-state index contributed by atoms with van der Waals surface area (Å²) in [4.78, 5) is 24.0. The highest BCUT2D eigenvalue weighted by Crippen LogP contribution is 2.22. The van der Waals surface area contributed by atoms with Crippen LogP contribution < -0.4 is 10.4 Å². The van der Waals surface area contributed by atoms with Crippen LogP contribution in [0.25, 0.3) is 0 Å². The fraction of sp³-hybridized carbons (Fsp3) is 0.0476. The molecule has 0 radical (unpaired) electrons. The van der Waals surface area contributed by atoms with Crippen LogP contribution in [-0.4, -0.2) is 11.9 Å². The number of benzene rings is 3. The van der Waals surface area contributed by atoms with Crippen LogP contribution in [-0.2, 0) is 0 Å². The first-order valence-electron chi connectivity index (χ1n) is 7.88. The first-order valence-corrected chi connectivity index (χ1v) is 7.88. The van der Waals surface area contributed by atoms with E-state index in [1.807, 2.05) is 60.7 Å². The number of nitrogens with one attached hydrogen (secondary N) is 1. The second-order valence-corrected chi connectivity index (χ2v) is 5.56. The van der Waals surface area contributed by atoms with E-state index in [0.29, 0.717) is 0 Å². The summed E-state index contributed by atoms with van der Waals surface area (Å²) in [5.41, 5.74) is 1.78. The molecule has 3 aromatic rings. The fourth-order valence-electron chi connectivity index (χ4n) is 2.72. The average Bonchev–Trinajstić information content (AvgIpc) is 2.67. The second-order valence-electron chi connectivity index (χ2n) is 5.56. The van der Waals surface area contributed by atoms with Crippen LogP contribution in [0.15, 0.2) is 84.9 Å². The SMILES string of the molecule is O=C([O-])c1ccccc1C(=O)NC(c1ccccc1)c1ccccc1. The lowest BCUT2D eigenvalue weighted by Gasteiger charge is -2.21. The van der Waals surface area contributed by atoms with E-state index in [-0.39, 0.29) is 17.2 Å². The van der Waals surface area contributed by atoms with Gasteiger partial charge in [0.2, 0.25) is 0 Å². The quantitative estimate of drug-likeness (QED) is 0.782. The monoisotopic (exact) mass is 330 g/mol. The average molecular weight is 330 g/mol. The summed E-state index contributed by atoms with van der Waals surface area (Å²) in [6, 6.07) is 24.7. The van der Waals surface area contributed by atoms with Crippen LogP contribution >= 0.6 is 0 Å². The molecule has 1 amide bonds. The maximum Gasteiger partial charge on any atom is 0.252 e. The molecule has 0 aliphatic rings. The van der Waals surface area contributed by atoms with Gasteiger partial charge in [0, 0.05) is 11.1 Å². The molecule has 0 aliphatic heterocycles. The number of carbonyl (C=O) groups is 2. The molecular formula is C21H16NO3-. The van der Waals surface area contributed by atoms with Gasteiger partial charge in [0.05, 0.1) is 12.0 Å². The van der Waals surface area contributed by atoms with Crippen molar-refractivity contribution < 1.29 is 14.7 Å². The second kappa shape index (κ2) is 7.45. The van der Waals surface area contributed by atoms with Gasteiger partial charge in [-0.25, -0.2) is 0 Å². The number of carboxylic acids is 1. The van der Waals surface area contributed by atoms with E-state index in [2.05, 4.69) is 5.32 Å². The molecule has 1 N–H and O–H groups in total. The molecule has 0 atom stereocenters. The zero-order chi connectivity index (χ0) is 17.6. The van der Waals surface area contributed by atoms with E-state index in [9.17, 15) is 14.7 Å². The zero-order valence-corrected chi connectivity index (χ0v) is 13.4. The molecular weight excluding hydrogens is 314 g/mol. The van der Waals surface area contributed by atoms with Crippen molar-refractivity contribution in [3.05, 3.63) is 107 Å². The molecule has 0 saturated carbocycles. The maximum absolute atomic E-state index is 12.7. The Morgan fingerprint density at radius 2 is 1.12 bits per heavy atom. The van der Waals surface area contributed by atoms with E-state index >= 15 is 0 Å². The van der Waals surface area contributed by atoms with Crippen LogP contribution in [0.2, 0.25) is 0 Å². The largest absolute Gasteiger partial charge is 0.545 e. The third kappa shape index (κ3) is 3.75. The predicted molar refractivity (Wildman–Crippen MR) is 93.0 cm³/mol. The highest BCUT2D eigenvalue weighted by atomic mass is 16.4. The van der Waals surface area contributed by atoms with E-state index in [4.69, 9.17) is 0 Å². The van der Waals surface area contributed by atoms with Crippen molar-refractivity contribution in [3.63, 3.8) is 0 Å². The molecule has 0 aromatic heterocycles. The number of carboxylic acid groups (broad SMARTS) is 1. The van der Waals surface area contributed by atoms with Gasteiger partial charge in [-0.05, 0) is 17.2 Å². The molecule has 0 saturated heterocycles. The summed E-state index contributed by atoms with van der Waals surface area (Å²) in [5.74, 6) is -1.83. The van der Waals surface area contributed by atoms with Gasteiger partial charge in [-0.3, -0.25) is 4.79 Å². The van der Waals surface area contributed by atoms with Gasteiger partial charge in [0.15, 0.2) is 0 Å². The molecule has 0 fully saturated rings. The number of aromatic carboxylic acids is 1. The summed E-state index contributed by atoms with van der Waals surface area (Å²) in [6.07, 6.45) is 0. The smallest absolute Gasteiger partial charge is 0.252 e. The van der Waals surface area contributed by atoms with E-state index in [1.165, 1.54) is 12.1 Å². The minimum Gasteiger partial charge on any atom is -0.545 e. The van der Waals surface area contributed by atoms with Crippen LogP contribution in [0.5, 0.6) is 0 Å². The normalized spacial score (nSPS) is 10.4. The first kappa shape index (κ1) is 16.5. The lowest BCUT2D eigenvalue weighted by Crippen LogP contribution is -2.32. The van der Waals surface area contributed by atoms with E-state index in [0.717, 1.165) is 11.1 Å². The Kier molecular flexibility index (Phi) is 4.90. The van der Waals surface area contributed by atoms with Crippen molar-refractivity contribution in [1.29, 1.82) is 0 Å². The highest BCUT2D eigenvalue weighted by molar-refractivity contribution is 6.04. The van der Waals surface area contributed by atoms with E-state index in [1.54, 1.807) is 12.1 Å². The number of amides is 1. The molecule has 0 bridgehead atoms. The summed E-state index contributed by atoms with van der Waals surface area (Å²) in [5, 5.41) is 14.2. The zero-order valence-electron chi connectivity index (χ0n) is 13.4. The van der Waals surface area contributed by atoms with Crippen molar-refractivity contribution in [2.24, 2.45) is 0 Å². The molecule has 124 valence electrons. The highest BCUT2D eigenvalue weighted by Gasteiger charge is 2.19. The fourth-order valence-corrected chi connectivity index (χ4v) is 2.72. The van der Waals surface area contributed by atoms with Gasteiger partial charge in [-0.2, -0.15) is 0 Å². The lowest BCUT2D eigenvalue weighted by molar-refractivity contribution is -0.255. The van der Waals surface area contributed by atoms with E-state index < -0.39 is 11.9 Å². The molecule has 0 spiro atoms. The van der Waals surface area contributed by atoms with Crippen molar-refractivity contribution in [3.8, 4) is 0 Å². The Morgan fingerprint density at radius 1 is 0.680 bits per heavy atom. The van der Waals surface area contributed by atoms with Crippen LogP contribution in [0.3, 0.4) is 0 Å². The number of hydrogen-bond acceptors (Lipinski definition) is 3. The summed E-state index contributed by atoms with van der Waals surface area (Å²) in [7, 11) is 0. The molecule has 3 rings (SSSR count). The molecule has 4 nitrogen and oxygen atoms in total. The van der Waals surface area contributed by atoms with Crippen LogP contribution in [0.1, 0.15) is 37.9 Å². The number of carbonyl (C=O) groups excluding carboxylic acids is 2. The molecule has 0 heterocycles. The molecule has 25 heavy (non-hydrogen) atoms. The molecule has 0 aliphatic carbocycles. The van der Waals surface area contributed by atoms with Crippen LogP contribution in [0.4, 0.5) is 0 Å². The summed E-state index contributed by atoms with van der Waals surface area (Å²) in [6.45, 7) is 0. The summed E-state index contributed by atoms with van der Waals surface area (Å²) >= 11 is 0. The van der Waals surface area contributed by atoms with Crippen molar-refractivity contribution in [2.45, 2.75) is 6.04 Å². The van der Waals surface area contributed by atoms with Gasteiger partial charge in [-0.1, -0.05) is 78.9 Å². The standard InChI is InChI=1S/C21H17NO3/c23-20(17-13-7-8-14-18(17)21(24)25)22-19(15-9-3-1-4-10-15)16-11-5-2-6-12-16/h1-14,19H,(H,22,23)(H,24,25)/p-1. The van der Waals surface area contributed by atoms with Gasteiger partial charge >= 0.3 is 0 Å². The third-order valence-electron chi connectivity index (χ3n) is 3.93. The van der Waals surface area contributed by atoms with Crippen molar-refractivity contribution in [1.82, 2.24) is 5.32 Å². The van der Waals surface area contributed by atoms with Gasteiger partial charge in [-0.15, -0.1) is 0 Å². The minimum absolute atomic E-state index is 0.0827. The Labute approximate surface area is 145 Å². The molecule has 3 aromatic carbocycles. The van der Waals surface area contributed by atoms with Gasteiger partial charge in [0.25, 0.3) is 5.91 Å². The lowest BCUT2D eigenvalue weighted by atomic mass is 9.97. The molecule has 4 heteroatoms.